The van der Waals surface area contributed by atoms with Crippen LogP contribution >= 0.6 is 0 Å². The van der Waals surface area contributed by atoms with Gasteiger partial charge in [0.2, 0.25) is 5.91 Å². The molecule has 0 saturated carbocycles. The summed E-state index contributed by atoms with van der Waals surface area (Å²) in [5, 5.41) is 13.7. The van der Waals surface area contributed by atoms with Gasteiger partial charge in [0.25, 0.3) is 0 Å². The molecule has 3 fully saturated rings. The molecule has 0 N–H and O–H groups in total. The second kappa shape index (κ2) is 7.31. The molecular weight excluding hydrogens is 354 g/mol. The Kier molecular flexibility index (Phi) is 4.66. The highest BCUT2D eigenvalue weighted by atomic mass is 16.2. The highest BCUT2D eigenvalue weighted by Gasteiger charge is 2.31. The van der Waals surface area contributed by atoms with Crippen LogP contribution in [0.5, 0.6) is 0 Å². The molecular formula is C20H29N7O. The Morgan fingerprint density at radius 3 is 2.54 bits per heavy atom. The number of piperidine rings is 1. The van der Waals surface area contributed by atoms with Gasteiger partial charge in [-0.15, -0.1) is 15.3 Å². The number of nitrogens with zero attached hydrogens (tertiary/aromatic N) is 7. The van der Waals surface area contributed by atoms with E-state index in [4.69, 9.17) is 5.10 Å². The van der Waals surface area contributed by atoms with E-state index in [2.05, 4.69) is 26.1 Å². The summed E-state index contributed by atoms with van der Waals surface area (Å²) in [6, 6.07) is 4.49. The Bertz CT molecular complexity index is 851. The van der Waals surface area contributed by atoms with Crippen molar-refractivity contribution in [2.45, 2.75) is 50.5 Å². The average Bonchev–Trinajstić information content (AvgIpc) is 3.45. The molecule has 2 aromatic heterocycles. The summed E-state index contributed by atoms with van der Waals surface area (Å²) in [5.41, 5.74) is 0.839. The van der Waals surface area contributed by atoms with E-state index in [9.17, 15) is 4.79 Å². The van der Waals surface area contributed by atoms with Crippen molar-refractivity contribution in [1.82, 2.24) is 29.6 Å². The van der Waals surface area contributed by atoms with E-state index in [1.165, 1.54) is 12.8 Å². The van der Waals surface area contributed by atoms with Gasteiger partial charge >= 0.3 is 0 Å². The van der Waals surface area contributed by atoms with E-state index in [1.807, 2.05) is 22.5 Å². The molecule has 1 atom stereocenters. The van der Waals surface area contributed by atoms with Crippen molar-refractivity contribution in [3.8, 4) is 0 Å². The lowest BCUT2D eigenvalue weighted by Gasteiger charge is -2.34. The number of likely N-dealkylation sites (N-methyl/N-ethyl adjacent to an activating group) is 1. The van der Waals surface area contributed by atoms with Crippen LogP contribution in [0, 0.1) is 0 Å². The number of fused-ring (bicyclic) bond motifs is 1. The molecule has 5 heterocycles. The van der Waals surface area contributed by atoms with Crippen molar-refractivity contribution in [3.63, 3.8) is 0 Å². The van der Waals surface area contributed by atoms with Crippen molar-refractivity contribution < 1.29 is 4.79 Å². The molecule has 0 radical (unpaired) electrons. The van der Waals surface area contributed by atoms with Crippen molar-refractivity contribution in [2.75, 3.05) is 44.7 Å². The lowest BCUT2D eigenvalue weighted by Crippen LogP contribution is -2.43. The predicted molar refractivity (Wildman–Crippen MR) is 106 cm³/mol. The molecule has 0 bridgehead atoms. The van der Waals surface area contributed by atoms with Gasteiger partial charge in [0.05, 0.1) is 0 Å². The van der Waals surface area contributed by atoms with E-state index in [0.717, 1.165) is 69.3 Å². The predicted octanol–water partition coefficient (Wildman–Crippen LogP) is 1.52. The summed E-state index contributed by atoms with van der Waals surface area (Å²) in [5.74, 6) is 2.73. The first kappa shape index (κ1) is 17.8. The molecule has 8 nitrogen and oxygen atoms in total. The maximum absolute atomic E-state index is 11.8. The zero-order valence-corrected chi connectivity index (χ0v) is 16.6. The van der Waals surface area contributed by atoms with Crippen molar-refractivity contribution in [2.24, 2.45) is 0 Å². The van der Waals surface area contributed by atoms with Crippen molar-refractivity contribution in [3.05, 3.63) is 18.0 Å². The molecule has 8 heteroatoms. The van der Waals surface area contributed by atoms with Crippen LogP contribution in [0.4, 0.5) is 5.82 Å². The standard InChI is InChI=1S/C20H29N7O/c1-24-16(4-7-19(24)28)14-25-12-8-15(9-13-25)20-22-21-17-5-6-18(23-27(17)20)26-10-2-3-11-26/h5-6,15-16H,2-4,7-14H2,1H3. The van der Waals surface area contributed by atoms with Gasteiger partial charge < -0.3 is 14.7 Å². The molecule has 150 valence electrons. The fourth-order valence-corrected chi connectivity index (χ4v) is 4.91. The van der Waals surface area contributed by atoms with Crippen molar-refractivity contribution in [1.29, 1.82) is 0 Å². The fraction of sp³-hybridized carbons (Fsp3) is 0.700. The quantitative estimate of drug-likeness (QED) is 0.797. The zero-order chi connectivity index (χ0) is 19.1. The van der Waals surface area contributed by atoms with Crippen LogP contribution in [-0.4, -0.2) is 81.3 Å². The fourth-order valence-electron chi connectivity index (χ4n) is 4.91. The molecule has 3 saturated heterocycles. The largest absolute Gasteiger partial charge is 0.355 e. The maximum atomic E-state index is 11.8. The highest BCUT2D eigenvalue weighted by Crippen LogP contribution is 2.29. The summed E-state index contributed by atoms with van der Waals surface area (Å²) < 4.78 is 1.97. The second-order valence-corrected chi connectivity index (χ2v) is 8.49. The lowest BCUT2D eigenvalue weighted by molar-refractivity contribution is -0.127. The second-order valence-electron chi connectivity index (χ2n) is 8.49. The van der Waals surface area contributed by atoms with Crippen LogP contribution < -0.4 is 4.90 Å². The van der Waals surface area contributed by atoms with E-state index in [-0.39, 0.29) is 5.91 Å². The summed E-state index contributed by atoms with van der Waals surface area (Å²) in [6.07, 6.45) is 6.33. The molecule has 0 spiro atoms. The zero-order valence-electron chi connectivity index (χ0n) is 16.6. The van der Waals surface area contributed by atoms with Gasteiger partial charge in [0.15, 0.2) is 11.5 Å². The third kappa shape index (κ3) is 3.23. The monoisotopic (exact) mass is 383 g/mol. The Morgan fingerprint density at radius 2 is 1.82 bits per heavy atom. The minimum absolute atomic E-state index is 0.287. The van der Waals surface area contributed by atoms with Gasteiger partial charge in [-0.1, -0.05) is 0 Å². The summed E-state index contributed by atoms with van der Waals surface area (Å²) >= 11 is 0. The Labute approximate surface area is 165 Å². The van der Waals surface area contributed by atoms with Crippen molar-refractivity contribution >= 4 is 17.4 Å². The molecule has 1 unspecified atom stereocenters. The number of anilines is 1. The van der Waals surface area contributed by atoms with E-state index in [1.54, 1.807) is 0 Å². The van der Waals surface area contributed by atoms with Crippen LogP contribution in [0.25, 0.3) is 5.65 Å². The number of hydrogen-bond donors (Lipinski definition) is 0. The first-order chi connectivity index (χ1) is 13.7. The van der Waals surface area contributed by atoms with Gasteiger partial charge in [-0.05, 0) is 57.3 Å². The van der Waals surface area contributed by atoms with Gasteiger partial charge in [-0.2, -0.15) is 4.52 Å². The minimum Gasteiger partial charge on any atom is -0.355 e. The summed E-state index contributed by atoms with van der Waals surface area (Å²) in [4.78, 5) is 18.5. The third-order valence-corrected chi connectivity index (χ3v) is 6.76. The minimum atomic E-state index is 0.287. The smallest absolute Gasteiger partial charge is 0.222 e. The summed E-state index contributed by atoms with van der Waals surface area (Å²) in [7, 11) is 1.94. The van der Waals surface area contributed by atoms with Gasteiger partial charge in [0, 0.05) is 45.1 Å². The number of likely N-dealkylation sites (tertiary alicyclic amines) is 2. The van der Waals surface area contributed by atoms with Crippen LogP contribution in [0.2, 0.25) is 0 Å². The van der Waals surface area contributed by atoms with E-state index < -0.39 is 0 Å². The first-order valence-electron chi connectivity index (χ1n) is 10.6. The number of amides is 1. The van der Waals surface area contributed by atoms with Crippen LogP contribution in [-0.2, 0) is 4.79 Å². The normalized spacial score (nSPS) is 24.8. The molecule has 28 heavy (non-hydrogen) atoms. The molecule has 0 aliphatic carbocycles. The SMILES string of the molecule is CN1C(=O)CCC1CN1CCC(c2nnc3ccc(N4CCCC4)nn23)CC1. The van der Waals surface area contributed by atoms with Crippen LogP contribution in [0.1, 0.15) is 50.3 Å². The highest BCUT2D eigenvalue weighted by molar-refractivity contribution is 5.78. The van der Waals surface area contributed by atoms with Gasteiger partial charge in [0.1, 0.15) is 5.82 Å². The number of carbonyl (C=O) groups excluding carboxylic acids is 1. The Morgan fingerprint density at radius 1 is 1.04 bits per heavy atom. The van der Waals surface area contributed by atoms with E-state index in [0.29, 0.717) is 18.4 Å². The topological polar surface area (TPSA) is 69.9 Å². The number of carbonyl (C=O) groups is 1. The average molecular weight is 384 g/mol. The Balaban J connectivity index is 1.26. The van der Waals surface area contributed by atoms with Crippen LogP contribution in [0.3, 0.4) is 0 Å². The Hall–Kier alpha value is -2.22. The summed E-state index contributed by atoms with van der Waals surface area (Å²) in [6.45, 7) is 5.26. The number of hydrogen-bond acceptors (Lipinski definition) is 6. The molecule has 2 aromatic rings. The first-order valence-corrected chi connectivity index (χ1v) is 10.6. The van der Waals surface area contributed by atoms with Gasteiger partial charge in [-0.3, -0.25) is 4.79 Å². The molecule has 1 amide bonds. The van der Waals surface area contributed by atoms with Gasteiger partial charge in [-0.25, -0.2) is 0 Å². The molecule has 3 aliphatic rings. The maximum Gasteiger partial charge on any atom is 0.222 e. The number of aromatic nitrogens is 4. The van der Waals surface area contributed by atoms with Crippen LogP contribution in [0.15, 0.2) is 12.1 Å². The number of rotatable bonds is 4. The molecule has 5 rings (SSSR count). The van der Waals surface area contributed by atoms with E-state index >= 15 is 0 Å². The molecule has 3 aliphatic heterocycles. The third-order valence-electron chi connectivity index (χ3n) is 6.76. The lowest BCUT2D eigenvalue weighted by atomic mass is 9.95. The molecule has 0 aromatic carbocycles.